The zero-order valence-corrected chi connectivity index (χ0v) is 20.9. The van der Waals surface area contributed by atoms with Crippen molar-refractivity contribution in [3.63, 3.8) is 0 Å². The van der Waals surface area contributed by atoms with E-state index in [0.717, 1.165) is 44.6 Å². The first kappa shape index (κ1) is 24.8. The first-order chi connectivity index (χ1) is 17.8. The van der Waals surface area contributed by atoms with Crippen LogP contribution < -0.4 is 0 Å². The second kappa shape index (κ2) is 12.4. The van der Waals surface area contributed by atoms with Crippen LogP contribution in [0.2, 0.25) is 0 Å². The maximum absolute atomic E-state index is 14.3. The van der Waals surface area contributed by atoms with Crippen LogP contribution in [0.4, 0.5) is 0 Å². The summed E-state index contributed by atoms with van der Waals surface area (Å²) in [6, 6.07) is 29.1. The molecule has 0 saturated carbocycles. The van der Waals surface area contributed by atoms with Gasteiger partial charge in [0.05, 0.1) is 38.5 Å². The molecular formula is C31H36N2O3. The number of carbonyl (C=O) groups is 1. The molecule has 2 aliphatic heterocycles. The van der Waals surface area contributed by atoms with Gasteiger partial charge < -0.3 is 9.47 Å². The molecule has 2 heterocycles. The highest BCUT2D eigenvalue weighted by Crippen LogP contribution is 2.31. The largest absolute Gasteiger partial charge is 0.379 e. The van der Waals surface area contributed by atoms with E-state index in [9.17, 15) is 4.79 Å². The Labute approximate surface area is 214 Å². The Morgan fingerprint density at radius 3 is 1.72 bits per heavy atom. The molecule has 0 bridgehead atoms. The lowest BCUT2D eigenvalue weighted by atomic mass is 9.89. The van der Waals surface area contributed by atoms with Crippen molar-refractivity contribution < 1.29 is 14.3 Å². The number of morpholine rings is 2. The summed E-state index contributed by atoms with van der Waals surface area (Å²) in [5.41, 5.74) is 4.56. The van der Waals surface area contributed by atoms with E-state index in [2.05, 4.69) is 76.5 Å². The quantitative estimate of drug-likeness (QED) is 0.421. The van der Waals surface area contributed by atoms with Gasteiger partial charge in [-0.05, 0) is 29.5 Å². The summed E-state index contributed by atoms with van der Waals surface area (Å²) in [5.74, 6) is 0.187. The highest BCUT2D eigenvalue weighted by molar-refractivity contribution is 6.00. The molecule has 0 amide bonds. The van der Waals surface area contributed by atoms with Crippen LogP contribution in [0.1, 0.15) is 33.1 Å². The van der Waals surface area contributed by atoms with E-state index < -0.39 is 0 Å². The van der Waals surface area contributed by atoms with E-state index >= 15 is 0 Å². The molecule has 2 saturated heterocycles. The van der Waals surface area contributed by atoms with Gasteiger partial charge in [-0.3, -0.25) is 14.6 Å². The van der Waals surface area contributed by atoms with Crippen LogP contribution >= 0.6 is 0 Å². The van der Waals surface area contributed by atoms with Gasteiger partial charge in [0.2, 0.25) is 0 Å². The number of ether oxygens (including phenoxy) is 2. The third-order valence-corrected chi connectivity index (χ3v) is 7.37. The Kier molecular flexibility index (Phi) is 8.57. The number of hydrogen-bond donors (Lipinski definition) is 0. The van der Waals surface area contributed by atoms with Gasteiger partial charge in [-0.1, -0.05) is 84.9 Å². The standard InChI is InChI=1S/C31H36N2O3/c34-31(28-15-13-26(14-16-28)12-11-25-7-3-1-4-8-25)30(33-19-23-36-24-20-33)29(27-9-5-2-6-10-27)32-17-21-35-22-18-32/h1-10,13-16,29-30H,11-12,17-24H2/t29-,30+/m0/s1. The van der Waals surface area contributed by atoms with Gasteiger partial charge in [-0.15, -0.1) is 0 Å². The van der Waals surface area contributed by atoms with Crippen LogP contribution in [0.15, 0.2) is 84.9 Å². The molecule has 2 atom stereocenters. The van der Waals surface area contributed by atoms with Gasteiger partial charge in [0.1, 0.15) is 0 Å². The highest BCUT2D eigenvalue weighted by Gasteiger charge is 2.39. The number of ketones is 1. The average Bonchev–Trinajstić information content (AvgIpc) is 2.96. The third-order valence-electron chi connectivity index (χ3n) is 7.37. The number of nitrogens with zero attached hydrogens (tertiary/aromatic N) is 2. The molecule has 0 aliphatic carbocycles. The van der Waals surface area contributed by atoms with Crippen LogP contribution in [-0.2, 0) is 22.3 Å². The average molecular weight is 485 g/mol. The van der Waals surface area contributed by atoms with Gasteiger partial charge in [0, 0.05) is 31.7 Å². The summed E-state index contributed by atoms with van der Waals surface area (Å²) in [5, 5.41) is 0. The number of benzene rings is 3. The SMILES string of the molecule is O=C(c1ccc(CCc2ccccc2)cc1)[C@@H]([C@H](c1ccccc1)N1CCOCC1)N1CCOCC1. The fourth-order valence-electron chi connectivity index (χ4n) is 5.40. The maximum Gasteiger partial charge on any atom is 0.181 e. The second-order valence-electron chi connectivity index (χ2n) is 9.64. The molecule has 0 N–H and O–H groups in total. The summed E-state index contributed by atoms with van der Waals surface area (Å²) in [6.07, 6.45) is 1.96. The van der Waals surface area contributed by atoms with Gasteiger partial charge in [0.15, 0.2) is 5.78 Å². The van der Waals surface area contributed by atoms with Crippen LogP contribution in [-0.4, -0.2) is 74.2 Å². The van der Waals surface area contributed by atoms with Crippen molar-refractivity contribution in [2.75, 3.05) is 52.6 Å². The van der Waals surface area contributed by atoms with Gasteiger partial charge in [-0.25, -0.2) is 0 Å². The maximum atomic E-state index is 14.3. The second-order valence-corrected chi connectivity index (χ2v) is 9.64. The Morgan fingerprint density at radius 1 is 0.639 bits per heavy atom. The summed E-state index contributed by atoms with van der Waals surface area (Å²) >= 11 is 0. The van der Waals surface area contributed by atoms with Crippen molar-refractivity contribution in [2.45, 2.75) is 24.9 Å². The molecule has 0 aromatic heterocycles. The number of aryl methyl sites for hydroxylation is 2. The van der Waals surface area contributed by atoms with Crippen molar-refractivity contribution in [3.05, 3.63) is 107 Å². The smallest absolute Gasteiger partial charge is 0.181 e. The monoisotopic (exact) mass is 484 g/mol. The minimum Gasteiger partial charge on any atom is -0.379 e. The lowest BCUT2D eigenvalue weighted by Gasteiger charge is -2.44. The molecule has 5 rings (SSSR count). The fraction of sp³-hybridized carbons (Fsp3) is 0.387. The molecule has 0 radical (unpaired) electrons. The molecule has 0 unspecified atom stereocenters. The first-order valence-corrected chi connectivity index (χ1v) is 13.2. The molecule has 0 spiro atoms. The third kappa shape index (κ3) is 6.11. The molecule has 36 heavy (non-hydrogen) atoms. The normalized spacial score (nSPS) is 19.0. The highest BCUT2D eigenvalue weighted by atomic mass is 16.5. The number of carbonyl (C=O) groups excluding carboxylic acids is 1. The predicted molar refractivity (Wildman–Crippen MR) is 142 cm³/mol. The van der Waals surface area contributed by atoms with Crippen molar-refractivity contribution in [2.24, 2.45) is 0 Å². The zero-order valence-electron chi connectivity index (χ0n) is 20.9. The minimum absolute atomic E-state index is 0.0292. The molecule has 3 aromatic rings. The topological polar surface area (TPSA) is 42.0 Å². The van der Waals surface area contributed by atoms with Crippen LogP contribution in [0.5, 0.6) is 0 Å². The number of hydrogen-bond acceptors (Lipinski definition) is 5. The van der Waals surface area contributed by atoms with Crippen molar-refractivity contribution in [3.8, 4) is 0 Å². The van der Waals surface area contributed by atoms with E-state index in [4.69, 9.17) is 9.47 Å². The van der Waals surface area contributed by atoms with Crippen LogP contribution in [0.3, 0.4) is 0 Å². The van der Waals surface area contributed by atoms with E-state index in [1.807, 2.05) is 18.2 Å². The van der Waals surface area contributed by atoms with Gasteiger partial charge >= 0.3 is 0 Å². The predicted octanol–water partition coefficient (Wildman–Crippen LogP) is 4.43. The molecule has 2 aliphatic rings. The lowest BCUT2D eigenvalue weighted by Crippen LogP contribution is -2.55. The molecule has 5 nitrogen and oxygen atoms in total. The molecule has 2 fully saturated rings. The number of Topliss-reactive ketones (excluding diaryl/α,β-unsaturated/α-hetero) is 1. The number of rotatable bonds is 9. The molecule has 5 heteroatoms. The summed E-state index contributed by atoms with van der Waals surface area (Å²) < 4.78 is 11.3. The Balaban J connectivity index is 1.41. The van der Waals surface area contributed by atoms with E-state index in [-0.39, 0.29) is 17.9 Å². The van der Waals surface area contributed by atoms with E-state index in [1.165, 1.54) is 16.7 Å². The van der Waals surface area contributed by atoms with E-state index in [0.29, 0.717) is 26.4 Å². The van der Waals surface area contributed by atoms with Crippen molar-refractivity contribution in [1.29, 1.82) is 0 Å². The fourth-order valence-corrected chi connectivity index (χ4v) is 5.40. The zero-order chi connectivity index (χ0) is 24.6. The van der Waals surface area contributed by atoms with Crippen LogP contribution in [0.25, 0.3) is 0 Å². The molecule has 188 valence electrons. The minimum atomic E-state index is -0.274. The molecule has 3 aromatic carbocycles. The Bertz CT molecular complexity index is 1080. The van der Waals surface area contributed by atoms with Gasteiger partial charge in [-0.2, -0.15) is 0 Å². The van der Waals surface area contributed by atoms with Crippen molar-refractivity contribution in [1.82, 2.24) is 9.80 Å². The van der Waals surface area contributed by atoms with Crippen LogP contribution in [0, 0.1) is 0 Å². The summed E-state index contributed by atoms with van der Waals surface area (Å²) in [4.78, 5) is 19.0. The summed E-state index contributed by atoms with van der Waals surface area (Å²) in [7, 11) is 0. The first-order valence-electron chi connectivity index (χ1n) is 13.2. The summed E-state index contributed by atoms with van der Waals surface area (Å²) in [6.45, 7) is 5.89. The van der Waals surface area contributed by atoms with Crippen molar-refractivity contribution >= 4 is 5.78 Å². The van der Waals surface area contributed by atoms with E-state index in [1.54, 1.807) is 0 Å². The van der Waals surface area contributed by atoms with Gasteiger partial charge in [0.25, 0.3) is 0 Å². The Morgan fingerprint density at radius 2 is 1.14 bits per heavy atom. The molecular weight excluding hydrogens is 448 g/mol. The lowest BCUT2D eigenvalue weighted by molar-refractivity contribution is -0.0301. The Hall–Kier alpha value is -2.83.